The molecule has 0 spiro atoms. The van der Waals surface area contributed by atoms with Gasteiger partial charge in [0.1, 0.15) is 0 Å². The molecule has 0 bridgehead atoms. The van der Waals surface area contributed by atoms with Gasteiger partial charge in [0.2, 0.25) is 0 Å². The van der Waals surface area contributed by atoms with Crippen LogP contribution in [0.15, 0.2) is 54.6 Å². The number of piperazine rings is 1. The number of carboxylic acid groups (broad SMARTS) is 2. The molecule has 7 heteroatoms. The molecule has 0 atom stereocenters. The number of benzene rings is 2. The predicted molar refractivity (Wildman–Crippen MR) is 104 cm³/mol. The molecule has 0 radical (unpaired) electrons. The van der Waals surface area contributed by atoms with Crippen LogP contribution in [0.3, 0.4) is 0 Å². The second-order valence-electron chi connectivity index (χ2n) is 6.24. The van der Waals surface area contributed by atoms with E-state index in [0.717, 1.165) is 44.3 Å². The summed E-state index contributed by atoms with van der Waals surface area (Å²) in [5.74, 6) is -3.65. The SMILES string of the molecule is Clc1ccccc1CN1CCN(Cc2ccccc2)CC1.O=C(O)C(=O)O. The molecule has 27 heavy (non-hydrogen) atoms. The van der Waals surface area contributed by atoms with Crippen molar-refractivity contribution in [3.63, 3.8) is 0 Å². The Kier molecular flexibility index (Phi) is 8.26. The van der Waals surface area contributed by atoms with Crippen LogP contribution in [-0.4, -0.2) is 58.1 Å². The van der Waals surface area contributed by atoms with E-state index in [1.807, 2.05) is 12.1 Å². The molecule has 3 rings (SSSR count). The summed E-state index contributed by atoms with van der Waals surface area (Å²) in [6.45, 7) is 6.48. The zero-order chi connectivity index (χ0) is 19.6. The van der Waals surface area contributed by atoms with Gasteiger partial charge in [0.25, 0.3) is 0 Å². The molecule has 0 aromatic heterocycles. The van der Waals surface area contributed by atoms with Gasteiger partial charge in [-0.2, -0.15) is 0 Å². The van der Waals surface area contributed by atoms with E-state index >= 15 is 0 Å². The van der Waals surface area contributed by atoms with Crippen molar-refractivity contribution in [3.05, 3.63) is 70.7 Å². The molecular formula is C20H23ClN2O4. The summed E-state index contributed by atoms with van der Waals surface area (Å²) >= 11 is 6.24. The maximum Gasteiger partial charge on any atom is 0.414 e. The highest BCUT2D eigenvalue weighted by atomic mass is 35.5. The summed E-state index contributed by atoms with van der Waals surface area (Å²) < 4.78 is 0. The fourth-order valence-corrected chi connectivity index (χ4v) is 3.01. The van der Waals surface area contributed by atoms with Gasteiger partial charge in [0, 0.05) is 44.3 Å². The van der Waals surface area contributed by atoms with E-state index in [9.17, 15) is 0 Å². The third kappa shape index (κ3) is 7.38. The topological polar surface area (TPSA) is 81.1 Å². The normalized spacial score (nSPS) is 14.9. The smallest absolute Gasteiger partial charge is 0.414 e. The lowest BCUT2D eigenvalue weighted by molar-refractivity contribution is -0.159. The molecule has 2 aromatic rings. The minimum absolute atomic E-state index is 0.879. The maximum atomic E-state index is 9.10. The Bertz CT molecular complexity index is 735. The van der Waals surface area contributed by atoms with Gasteiger partial charge in [-0.15, -0.1) is 0 Å². The first-order valence-corrected chi connectivity index (χ1v) is 9.01. The van der Waals surface area contributed by atoms with Crippen LogP contribution >= 0.6 is 11.6 Å². The highest BCUT2D eigenvalue weighted by Crippen LogP contribution is 2.18. The van der Waals surface area contributed by atoms with E-state index in [1.54, 1.807) is 0 Å². The highest BCUT2D eigenvalue weighted by Gasteiger charge is 2.17. The minimum Gasteiger partial charge on any atom is -0.473 e. The van der Waals surface area contributed by atoms with Crippen molar-refractivity contribution in [2.45, 2.75) is 13.1 Å². The zero-order valence-electron chi connectivity index (χ0n) is 14.9. The van der Waals surface area contributed by atoms with Crippen LogP contribution in [0.4, 0.5) is 0 Å². The van der Waals surface area contributed by atoms with Crippen LogP contribution in [0.5, 0.6) is 0 Å². The number of carboxylic acids is 2. The average molecular weight is 391 g/mol. The van der Waals surface area contributed by atoms with E-state index in [4.69, 9.17) is 31.4 Å². The van der Waals surface area contributed by atoms with Crippen LogP contribution in [0.2, 0.25) is 5.02 Å². The molecule has 0 amide bonds. The molecule has 2 N–H and O–H groups in total. The van der Waals surface area contributed by atoms with Gasteiger partial charge in [0.05, 0.1) is 0 Å². The number of hydrogen-bond acceptors (Lipinski definition) is 4. The molecule has 1 aliphatic heterocycles. The van der Waals surface area contributed by atoms with Crippen molar-refractivity contribution >= 4 is 23.5 Å². The molecule has 0 aliphatic carbocycles. The Morgan fingerprint density at radius 1 is 0.778 bits per heavy atom. The van der Waals surface area contributed by atoms with Gasteiger partial charge in [-0.3, -0.25) is 9.80 Å². The van der Waals surface area contributed by atoms with Crippen LogP contribution < -0.4 is 0 Å². The Balaban J connectivity index is 0.000000380. The summed E-state index contributed by atoms with van der Waals surface area (Å²) in [4.78, 5) is 23.2. The number of hydrogen-bond donors (Lipinski definition) is 2. The zero-order valence-corrected chi connectivity index (χ0v) is 15.7. The first kappa shape index (κ1) is 20.9. The third-order valence-electron chi connectivity index (χ3n) is 4.25. The van der Waals surface area contributed by atoms with Crippen molar-refractivity contribution in [1.29, 1.82) is 0 Å². The van der Waals surface area contributed by atoms with E-state index in [0.29, 0.717) is 0 Å². The molecule has 0 saturated carbocycles. The Labute approximate surface area is 163 Å². The van der Waals surface area contributed by atoms with Gasteiger partial charge in [0.15, 0.2) is 0 Å². The predicted octanol–water partition coefficient (Wildman–Crippen LogP) is 2.81. The van der Waals surface area contributed by atoms with Crippen molar-refractivity contribution in [2.75, 3.05) is 26.2 Å². The first-order chi connectivity index (χ1) is 13.0. The number of carbonyl (C=O) groups is 2. The summed E-state index contributed by atoms with van der Waals surface area (Å²) in [6.07, 6.45) is 0. The molecule has 2 aromatic carbocycles. The number of aliphatic carboxylic acids is 2. The number of nitrogens with zero attached hydrogens (tertiary/aromatic N) is 2. The fourth-order valence-electron chi connectivity index (χ4n) is 2.81. The summed E-state index contributed by atoms with van der Waals surface area (Å²) in [7, 11) is 0. The van der Waals surface area contributed by atoms with Gasteiger partial charge < -0.3 is 10.2 Å². The minimum atomic E-state index is -1.82. The van der Waals surface area contributed by atoms with Gasteiger partial charge >= 0.3 is 11.9 Å². The van der Waals surface area contributed by atoms with Crippen molar-refractivity contribution < 1.29 is 19.8 Å². The molecule has 1 heterocycles. The van der Waals surface area contributed by atoms with E-state index in [1.165, 1.54) is 11.1 Å². The van der Waals surface area contributed by atoms with Crippen molar-refractivity contribution in [2.24, 2.45) is 0 Å². The van der Waals surface area contributed by atoms with Crippen LogP contribution in [0.25, 0.3) is 0 Å². The average Bonchev–Trinajstić information content (AvgIpc) is 2.66. The van der Waals surface area contributed by atoms with Crippen molar-refractivity contribution in [3.8, 4) is 0 Å². The molecule has 1 saturated heterocycles. The molecule has 1 aliphatic rings. The summed E-state index contributed by atoms with van der Waals surface area (Å²) in [6, 6.07) is 18.9. The maximum absolute atomic E-state index is 9.10. The van der Waals surface area contributed by atoms with Crippen LogP contribution in [0, 0.1) is 0 Å². The quantitative estimate of drug-likeness (QED) is 0.781. The lowest BCUT2D eigenvalue weighted by Crippen LogP contribution is -2.45. The molecule has 6 nitrogen and oxygen atoms in total. The van der Waals surface area contributed by atoms with Gasteiger partial charge in [-0.1, -0.05) is 60.1 Å². The Morgan fingerprint density at radius 2 is 1.26 bits per heavy atom. The highest BCUT2D eigenvalue weighted by molar-refractivity contribution is 6.31. The van der Waals surface area contributed by atoms with E-state index in [2.05, 4.69) is 52.3 Å². The van der Waals surface area contributed by atoms with Crippen LogP contribution in [-0.2, 0) is 22.7 Å². The van der Waals surface area contributed by atoms with Crippen LogP contribution in [0.1, 0.15) is 11.1 Å². The lowest BCUT2D eigenvalue weighted by Gasteiger charge is -2.34. The first-order valence-electron chi connectivity index (χ1n) is 8.64. The van der Waals surface area contributed by atoms with Crippen molar-refractivity contribution in [1.82, 2.24) is 9.80 Å². The van der Waals surface area contributed by atoms with Gasteiger partial charge in [-0.25, -0.2) is 9.59 Å². The summed E-state index contributed by atoms with van der Waals surface area (Å²) in [5.41, 5.74) is 2.63. The number of halogens is 1. The molecule has 144 valence electrons. The Hall–Kier alpha value is -2.41. The molecular weight excluding hydrogens is 368 g/mol. The second-order valence-corrected chi connectivity index (χ2v) is 6.65. The monoisotopic (exact) mass is 390 g/mol. The van der Waals surface area contributed by atoms with E-state index in [-0.39, 0.29) is 0 Å². The van der Waals surface area contributed by atoms with Gasteiger partial charge in [-0.05, 0) is 17.2 Å². The largest absolute Gasteiger partial charge is 0.473 e. The fraction of sp³-hybridized carbons (Fsp3) is 0.300. The molecule has 0 unspecified atom stereocenters. The number of rotatable bonds is 4. The second kappa shape index (κ2) is 10.7. The summed E-state index contributed by atoms with van der Waals surface area (Å²) in [5, 5.41) is 15.7. The third-order valence-corrected chi connectivity index (χ3v) is 4.62. The Morgan fingerprint density at radius 3 is 1.78 bits per heavy atom. The standard InChI is InChI=1S/C18H21ClN2.C2H2O4/c19-18-9-5-4-8-17(18)15-21-12-10-20(11-13-21)14-16-6-2-1-3-7-16;3-1(4)2(5)6/h1-9H,10-15H2;(H,3,4)(H,5,6). The molecule has 1 fully saturated rings. The van der Waals surface area contributed by atoms with E-state index < -0.39 is 11.9 Å². The lowest BCUT2D eigenvalue weighted by atomic mass is 10.1.